The third kappa shape index (κ3) is 1.69. The Labute approximate surface area is 103 Å². The summed E-state index contributed by atoms with van der Waals surface area (Å²) in [5.41, 5.74) is -1.02. The van der Waals surface area contributed by atoms with Crippen LogP contribution in [-0.2, 0) is 14.3 Å². The molecule has 4 atom stereocenters. The molecule has 1 spiro atoms. The highest BCUT2D eigenvalue weighted by molar-refractivity contribution is 5.84. The smallest absolute Gasteiger partial charge is 0.341 e. The van der Waals surface area contributed by atoms with Crippen molar-refractivity contribution in [2.45, 2.75) is 51.4 Å². The zero-order valence-electron chi connectivity index (χ0n) is 11.4. The van der Waals surface area contributed by atoms with Crippen molar-refractivity contribution >= 4 is 5.97 Å². The van der Waals surface area contributed by atoms with E-state index in [-0.39, 0.29) is 11.6 Å². The van der Waals surface area contributed by atoms with Crippen LogP contribution < -0.4 is 0 Å². The van der Waals surface area contributed by atoms with E-state index in [1.165, 1.54) is 0 Å². The fraction of sp³-hybridized carbons (Fsp3) is 0.923. The largest absolute Gasteiger partial charge is 0.464 e. The highest BCUT2D eigenvalue weighted by Crippen LogP contribution is 2.58. The number of epoxide rings is 1. The lowest BCUT2D eigenvalue weighted by molar-refractivity contribution is -0.149. The Hall–Kier alpha value is -0.610. The van der Waals surface area contributed by atoms with Gasteiger partial charge in [0.2, 0.25) is 0 Å². The predicted octanol–water partition coefficient (Wildman–Crippen LogP) is 1.44. The molecule has 4 heteroatoms. The first kappa shape index (κ1) is 12.8. The summed E-state index contributed by atoms with van der Waals surface area (Å²) in [6.07, 6.45) is 0.903. The van der Waals surface area contributed by atoms with Crippen LogP contribution in [0.25, 0.3) is 0 Å². The minimum atomic E-state index is -0.724. The van der Waals surface area contributed by atoms with Crippen molar-refractivity contribution in [3.63, 3.8) is 0 Å². The van der Waals surface area contributed by atoms with E-state index in [9.17, 15) is 4.79 Å². The Morgan fingerprint density at radius 2 is 2.18 bits per heavy atom. The van der Waals surface area contributed by atoms with Crippen molar-refractivity contribution in [1.82, 2.24) is 4.90 Å². The molecule has 0 amide bonds. The van der Waals surface area contributed by atoms with Crippen LogP contribution in [0.4, 0.5) is 0 Å². The van der Waals surface area contributed by atoms with Crippen molar-refractivity contribution in [2.24, 2.45) is 5.92 Å². The van der Waals surface area contributed by atoms with Crippen LogP contribution >= 0.6 is 0 Å². The van der Waals surface area contributed by atoms with E-state index in [1.54, 1.807) is 0 Å². The molecule has 2 rings (SSSR count). The molecule has 0 unspecified atom stereocenters. The first-order chi connectivity index (χ1) is 7.87. The summed E-state index contributed by atoms with van der Waals surface area (Å²) in [7, 11) is 2.12. The number of hydrogen-bond acceptors (Lipinski definition) is 4. The number of nitrogens with zero attached hydrogens (tertiary/aromatic N) is 1. The van der Waals surface area contributed by atoms with Crippen LogP contribution in [0.1, 0.15) is 34.1 Å². The van der Waals surface area contributed by atoms with Crippen LogP contribution in [0.2, 0.25) is 0 Å². The average molecular weight is 241 g/mol. The minimum Gasteiger partial charge on any atom is -0.464 e. The van der Waals surface area contributed by atoms with Crippen molar-refractivity contribution < 1.29 is 14.3 Å². The minimum absolute atomic E-state index is 0.205. The highest BCUT2D eigenvalue weighted by Gasteiger charge is 2.75. The van der Waals surface area contributed by atoms with Crippen molar-refractivity contribution in [2.75, 3.05) is 20.2 Å². The summed E-state index contributed by atoms with van der Waals surface area (Å²) in [4.78, 5) is 14.3. The maximum absolute atomic E-state index is 12.0. The molecule has 98 valence electrons. The second kappa shape index (κ2) is 3.95. The van der Waals surface area contributed by atoms with Gasteiger partial charge in [0.25, 0.3) is 0 Å². The summed E-state index contributed by atoms with van der Waals surface area (Å²) < 4.78 is 11.0. The molecule has 2 aliphatic heterocycles. The lowest BCUT2D eigenvalue weighted by atomic mass is 9.76. The zero-order chi connectivity index (χ0) is 12.8. The normalized spacial score (nSPS) is 45.9. The van der Waals surface area contributed by atoms with Gasteiger partial charge in [0.15, 0.2) is 5.60 Å². The monoisotopic (exact) mass is 241 g/mol. The van der Waals surface area contributed by atoms with E-state index in [0.717, 1.165) is 13.0 Å². The van der Waals surface area contributed by atoms with Crippen molar-refractivity contribution in [3.8, 4) is 0 Å². The number of likely N-dealkylation sites (tertiary alicyclic amines) is 1. The number of piperidine rings is 1. The van der Waals surface area contributed by atoms with Gasteiger partial charge in [-0.15, -0.1) is 0 Å². The van der Waals surface area contributed by atoms with Gasteiger partial charge in [-0.25, -0.2) is 4.79 Å². The van der Waals surface area contributed by atoms with Gasteiger partial charge in [-0.2, -0.15) is 0 Å². The van der Waals surface area contributed by atoms with Crippen molar-refractivity contribution in [3.05, 3.63) is 0 Å². The predicted molar refractivity (Wildman–Crippen MR) is 64.7 cm³/mol. The Morgan fingerprint density at radius 3 is 2.76 bits per heavy atom. The molecule has 0 aromatic rings. The maximum Gasteiger partial charge on any atom is 0.341 e. The molecule has 0 N–H and O–H groups in total. The molecule has 2 aliphatic rings. The van der Waals surface area contributed by atoms with Gasteiger partial charge in [0, 0.05) is 18.5 Å². The van der Waals surface area contributed by atoms with Crippen LogP contribution in [0.3, 0.4) is 0 Å². The first-order valence-corrected chi connectivity index (χ1v) is 6.45. The number of hydrogen-bond donors (Lipinski definition) is 0. The molecule has 0 radical (unpaired) electrons. The molecule has 2 saturated heterocycles. The molecule has 0 bridgehead atoms. The van der Waals surface area contributed by atoms with E-state index in [2.05, 4.69) is 25.8 Å². The molecular formula is C13H23NO3. The maximum atomic E-state index is 12.0. The summed E-state index contributed by atoms with van der Waals surface area (Å²) in [5.74, 6) is 0.154. The number of carbonyl (C=O) groups is 1. The van der Waals surface area contributed by atoms with E-state index in [0.29, 0.717) is 18.6 Å². The van der Waals surface area contributed by atoms with Crippen LogP contribution in [0.15, 0.2) is 0 Å². The third-order valence-corrected chi connectivity index (χ3v) is 4.53. The van der Waals surface area contributed by atoms with Gasteiger partial charge in [0.1, 0.15) is 5.60 Å². The van der Waals surface area contributed by atoms with Gasteiger partial charge in [-0.05, 0) is 34.2 Å². The Bertz CT molecular complexity index is 333. The van der Waals surface area contributed by atoms with E-state index < -0.39 is 5.60 Å². The average Bonchev–Trinajstić information content (AvgIpc) is 2.85. The summed E-state index contributed by atoms with van der Waals surface area (Å²) in [6.45, 7) is 9.43. The van der Waals surface area contributed by atoms with E-state index in [4.69, 9.17) is 9.47 Å². The van der Waals surface area contributed by atoms with E-state index >= 15 is 0 Å². The molecule has 0 aromatic heterocycles. The Kier molecular flexibility index (Phi) is 2.99. The second-order valence-corrected chi connectivity index (χ2v) is 5.64. The number of rotatable bonds is 2. The molecule has 0 aliphatic carbocycles. The van der Waals surface area contributed by atoms with Gasteiger partial charge in [-0.3, -0.25) is 0 Å². The molecule has 0 aromatic carbocycles. The standard InChI is InChI=1S/C13H23NO3/c1-6-16-11(15)12(4)13(17-12)7-10(3)14(5)8-9(13)2/h9-10H,6-8H2,1-5H3/t9-,10-,12+,13+/m0/s1. The van der Waals surface area contributed by atoms with E-state index in [1.807, 2.05) is 13.8 Å². The molecular weight excluding hydrogens is 218 g/mol. The zero-order valence-corrected chi connectivity index (χ0v) is 11.4. The quantitative estimate of drug-likeness (QED) is 0.542. The first-order valence-electron chi connectivity index (χ1n) is 6.45. The van der Waals surface area contributed by atoms with Crippen LogP contribution in [0.5, 0.6) is 0 Å². The second-order valence-electron chi connectivity index (χ2n) is 5.64. The topological polar surface area (TPSA) is 42.1 Å². The lowest BCUT2D eigenvalue weighted by Crippen LogP contribution is -2.51. The highest BCUT2D eigenvalue weighted by atomic mass is 16.7. The molecule has 2 heterocycles. The fourth-order valence-electron chi connectivity index (χ4n) is 3.18. The van der Waals surface area contributed by atoms with Crippen LogP contribution in [0, 0.1) is 5.92 Å². The summed E-state index contributed by atoms with van der Waals surface area (Å²) in [6, 6.07) is 0.447. The van der Waals surface area contributed by atoms with Gasteiger partial charge in [0.05, 0.1) is 6.61 Å². The van der Waals surface area contributed by atoms with Crippen LogP contribution in [-0.4, -0.2) is 48.3 Å². The Balaban J connectivity index is 2.15. The van der Waals surface area contributed by atoms with Gasteiger partial charge >= 0.3 is 5.97 Å². The van der Waals surface area contributed by atoms with Gasteiger partial charge < -0.3 is 14.4 Å². The van der Waals surface area contributed by atoms with Crippen molar-refractivity contribution in [1.29, 1.82) is 0 Å². The SMILES string of the molecule is CCOC(=O)[C@@]1(C)O[C@@]12C[C@H](C)N(C)C[C@@H]2C. The summed E-state index contributed by atoms with van der Waals surface area (Å²) >= 11 is 0. The number of ether oxygens (including phenoxy) is 2. The summed E-state index contributed by atoms with van der Waals surface area (Å²) in [5, 5.41) is 0. The Morgan fingerprint density at radius 1 is 1.53 bits per heavy atom. The van der Waals surface area contributed by atoms with Gasteiger partial charge in [-0.1, -0.05) is 6.92 Å². The number of esters is 1. The fourth-order valence-corrected chi connectivity index (χ4v) is 3.18. The molecule has 4 nitrogen and oxygen atoms in total. The number of carbonyl (C=O) groups excluding carboxylic acids is 1. The molecule has 2 fully saturated rings. The molecule has 17 heavy (non-hydrogen) atoms. The third-order valence-electron chi connectivity index (χ3n) is 4.53. The molecule has 0 saturated carbocycles. The lowest BCUT2D eigenvalue weighted by Gasteiger charge is -2.39.